The number of anilines is 1. The molecule has 1 N–H and O–H groups in total. The molecule has 0 radical (unpaired) electrons. The average Bonchev–Trinajstić information content (AvgIpc) is 2.87. The fourth-order valence-electron chi connectivity index (χ4n) is 2.01. The number of hydrogen-bond donors (Lipinski definition) is 1. The summed E-state index contributed by atoms with van der Waals surface area (Å²) in [5.74, 6) is 0.421. The number of pyridine rings is 1. The Morgan fingerprint density at radius 3 is 2.90 bits per heavy atom. The second kappa shape index (κ2) is 4.88. The highest BCUT2D eigenvalue weighted by Gasteiger charge is 2.10. The third-order valence-electron chi connectivity index (χ3n) is 3.12. The lowest BCUT2D eigenvalue weighted by Crippen LogP contribution is -2.12. The molecule has 0 saturated heterocycles. The van der Waals surface area contributed by atoms with Crippen LogP contribution in [0, 0.1) is 12.7 Å². The van der Waals surface area contributed by atoms with Gasteiger partial charge in [-0.1, -0.05) is 0 Å². The second-order valence-electron chi connectivity index (χ2n) is 4.67. The number of rotatable bonds is 3. The van der Waals surface area contributed by atoms with Crippen molar-refractivity contribution in [1.29, 1.82) is 0 Å². The van der Waals surface area contributed by atoms with Gasteiger partial charge in [-0.05, 0) is 37.6 Å². The molecule has 0 spiro atoms. The molecule has 0 aromatic carbocycles. The Balaban J connectivity index is 1.88. The van der Waals surface area contributed by atoms with E-state index in [4.69, 9.17) is 0 Å². The van der Waals surface area contributed by atoms with Gasteiger partial charge in [0.25, 0.3) is 0 Å². The topological polar surface area (TPSA) is 55.1 Å². The number of hydrogen-bond acceptors (Lipinski definition) is 4. The fraction of sp³-hybridized carbons (Fsp3) is 0.214. The monoisotopic (exact) mass is 271 g/mol. The van der Waals surface area contributed by atoms with Crippen LogP contribution in [-0.2, 0) is 0 Å². The number of nitrogens with zero attached hydrogens (tertiary/aromatic N) is 4. The molecule has 0 aliphatic carbocycles. The summed E-state index contributed by atoms with van der Waals surface area (Å²) in [5, 5.41) is 7.74. The van der Waals surface area contributed by atoms with Crippen LogP contribution in [0.15, 0.2) is 36.8 Å². The molecule has 6 heteroatoms. The molecule has 3 rings (SSSR count). The van der Waals surface area contributed by atoms with Gasteiger partial charge in [-0.2, -0.15) is 0 Å². The zero-order chi connectivity index (χ0) is 14.1. The first-order valence-corrected chi connectivity index (χ1v) is 6.32. The van der Waals surface area contributed by atoms with Gasteiger partial charge >= 0.3 is 0 Å². The average molecular weight is 271 g/mol. The summed E-state index contributed by atoms with van der Waals surface area (Å²) in [5.41, 5.74) is 2.57. The van der Waals surface area contributed by atoms with Crippen LogP contribution in [0.2, 0.25) is 0 Å². The number of imidazole rings is 1. The molecule has 0 aliphatic heterocycles. The first kappa shape index (κ1) is 12.5. The Labute approximate surface area is 115 Å². The van der Waals surface area contributed by atoms with E-state index in [1.807, 2.05) is 19.9 Å². The first-order chi connectivity index (χ1) is 9.63. The van der Waals surface area contributed by atoms with Crippen molar-refractivity contribution in [2.45, 2.75) is 19.9 Å². The molecule has 0 amide bonds. The molecule has 0 saturated carbocycles. The third-order valence-corrected chi connectivity index (χ3v) is 3.12. The predicted octanol–water partition coefficient (Wildman–Crippen LogP) is 2.74. The Kier molecular flexibility index (Phi) is 3.06. The largest absolute Gasteiger partial charge is 0.360 e. The van der Waals surface area contributed by atoms with Crippen LogP contribution in [0.1, 0.15) is 24.2 Å². The summed E-state index contributed by atoms with van der Waals surface area (Å²) in [6.45, 7) is 3.92. The summed E-state index contributed by atoms with van der Waals surface area (Å²) in [6.07, 6.45) is 4.71. The minimum absolute atomic E-state index is 0.0669. The van der Waals surface area contributed by atoms with Crippen molar-refractivity contribution in [2.75, 3.05) is 5.32 Å². The fourth-order valence-corrected chi connectivity index (χ4v) is 2.01. The maximum Gasteiger partial charge on any atom is 0.153 e. The SMILES string of the molecule is Cc1cc2nccn2nc1N[C@@H](C)c1ccc(F)cn1. The van der Waals surface area contributed by atoms with Crippen molar-refractivity contribution < 1.29 is 4.39 Å². The van der Waals surface area contributed by atoms with Gasteiger partial charge in [-0.25, -0.2) is 13.9 Å². The van der Waals surface area contributed by atoms with E-state index in [1.165, 1.54) is 12.3 Å². The minimum Gasteiger partial charge on any atom is -0.360 e. The summed E-state index contributed by atoms with van der Waals surface area (Å²) in [7, 11) is 0. The van der Waals surface area contributed by atoms with Crippen LogP contribution >= 0.6 is 0 Å². The van der Waals surface area contributed by atoms with E-state index in [0.29, 0.717) is 0 Å². The molecule has 0 aliphatic rings. The van der Waals surface area contributed by atoms with Crippen LogP contribution in [0.3, 0.4) is 0 Å². The van der Waals surface area contributed by atoms with Crippen LogP contribution in [0.5, 0.6) is 0 Å². The first-order valence-electron chi connectivity index (χ1n) is 6.32. The number of fused-ring (bicyclic) bond motifs is 1. The van der Waals surface area contributed by atoms with Crippen molar-refractivity contribution in [3.05, 3.63) is 53.9 Å². The van der Waals surface area contributed by atoms with E-state index in [1.54, 1.807) is 23.0 Å². The molecule has 0 unspecified atom stereocenters. The zero-order valence-corrected chi connectivity index (χ0v) is 11.2. The van der Waals surface area contributed by atoms with Crippen molar-refractivity contribution in [2.24, 2.45) is 0 Å². The van der Waals surface area contributed by atoms with E-state index in [2.05, 4.69) is 20.4 Å². The van der Waals surface area contributed by atoms with E-state index in [0.717, 1.165) is 22.7 Å². The van der Waals surface area contributed by atoms with Crippen LogP contribution < -0.4 is 5.32 Å². The van der Waals surface area contributed by atoms with Gasteiger partial charge < -0.3 is 5.32 Å². The molecule has 3 aromatic heterocycles. The molecule has 3 aromatic rings. The molecular weight excluding hydrogens is 257 g/mol. The molecule has 20 heavy (non-hydrogen) atoms. The van der Waals surface area contributed by atoms with Crippen molar-refractivity contribution in [3.8, 4) is 0 Å². The standard InChI is InChI=1S/C14H14FN5/c1-9-7-13-16-5-6-20(13)19-14(9)18-10(2)12-4-3-11(15)8-17-12/h3-8,10H,1-2H3,(H,18,19)/t10-/m0/s1. The lowest BCUT2D eigenvalue weighted by atomic mass is 10.2. The lowest BCUT2D eigenvalue weighted by Gasteiger charge is -2.15. The van der Waals surface area contributed by atoms with Crippen molar-refractivity contribution in [3.63, 3.8) is 0 Å². The van der Waals surface area contributed by atoms with Crippen LogP contribution in [0.4, 0.5) is 10.2 Å². The number of nitrogens with one attached hydrogen (secondary N) is 1. The molecular formula is C14H14FN5. The Hall–Kier alpha value is -2.50. The highest BCUT2D eigenvalue weighted by molar-refractivity contribution is 5.51. The summed E-state index contributed by atoms with van der Waals surface area (Å²) >= 11 is 0. The summed E-state index contributed by atoms with van der Waals surface area (Å²) < 4.78 is 14.6. The predicted molar refractivity (Wildman–Crippen MR) is 74.0 cm³/mol. The van der Waals surface area contributed by atoms with Gasteiger partial charge in [0.2, 0.25) is 0 Å². The third kappa shape index (κ3) is 2.32. The van der Waals surface area contributed by atoms with Crippen molar-refractivity contribution >= 4 is 11.5 Å². The van der Waals surface area contributed by atoms with E-state index in [-0.39, 0.29) is 11.9 Å². The Morgan fingerprint density at radius 1 is 1.30 bits per heavy atom. The number of aryl methyl sites for hydroxylation is 1. The maximum absolute atomic E-state index is 12.9. The van der Waals surface area contributed by atoms with Crippen LogP contribution in [0.25, 0.3) is 5.65 Å². The summed E-state index contributed by atoms with van der Waals surface area (Å²) in [6, 6.07) is 4.96. The van der Waals surface area contributed by atoms with E-state index >= 15 is 0 Å². The van der Waals surface area contributed by atoms with Crippen molar-refractivity contribution in [1.82, 2.24) is 19.6 Å². The summed E-state index contributed by atoms with van der Waals surface area (Å²) in [4.78, 5) is 8.26. The van der Waals surface area contributed by atoms with E-state index in [9.17, 15) is 4.39 Å². The smallest absolute Gasteiger partial charge is 0.153 e. The molecule has 102 valence electrons. The zero-order valence-electron chi connectivity index (χ0n) is 11.2. The quantitative estimate of drug-likeness (QED) is 0.795. The van der Waals surface area contributed by atoms with Gasteiger partial charge in [-0.15, -0.1) is 5.10 Å². The Morgan fingerprint density at radius 2 is 2.15 bits per heavy atom. The Bertz CT molecular complexity index is 735. The molecule has 0 bridgehead atoms. The molecule has 1 atom stereocenters. The highest BCUT2D eigenvalue weighted by atomic mass is 19.1. The second-order valence-corrected chi connectivity index (χ2v) is 4.67. The van der Waals surface area contributed by atoms with Crippen LogP contribution in [-0.4, -0.2) is 19.6 Å². The molecule has 0 fully saturated rings. The maximum atomic E-state index is 12.9. The number of aromatic nitrogens is 4. The van der Waals surface area contributed by atoms with Gasteiger partial charge in [0.05, 0.1) is 17.9 Å². The normalized spacial score (nSPS) is 12.6. The van der Waals surface area contributed by atoms with Gasteiger partial charge in [0.15, 0.2) is 11.5 Å². The van der Waals surface area contributed by atoms with E-state index < -0.39 is 0 Å². The number of halogens is 1. The van der Waals surface area contributed by atoms with Gasteiger partial charge in [-0.3, -0.25) is 4.98 Å². The van der Waals surface area contributed by atoms with Gasteiger partial charge in [0.1, 0.15) is 5.82 Å². The van der Waals surface area contributed by atoms with Gasteiger partial charge in [0, 0.05) is 12.4 Å². The molecule has 3 heterocycles. The minimum atomic E-state index is -0.338. The lowest BCUT2D eigenvalue weighted by molar-refractivity contribution is 0.617. The molecule has 5 nitrogen and oxygen atoms in total. The highest BCUT2D eigenvalue weighted by Crippen LogP contribution is 2.19.